The third-order valence-corrected chi connectivity index (χ3v) is 4.75. The van der Waals surface area contributed by atoms with Gasteiger partial charge in [-0.3, -0.25) is 0 Å². The van der Waals surface area contributed by atoms with Crippen LogP contribution in [0.3, 0.4) is 0 Å². The largest absolute Gasteiger partial charge is 1.00 e. The van der Waals surface area contributed by atoms with Gasteiger partial charge in [0.2, 0.25) is 0 Å². The van der Waals surface area contributed by atoms with Crippen LogP contribution in [0.15, 0.2) is 29.2 Å². The van der Waals surface area contributed by atoms with Gasteiger partial charge in [0.15, 0.2) is 6.10 Å². The van der Waals surface area contributed by atoms with Gasteiger partial charge in [0.25, 0.3) is 0 Å². The molecule has 0 aliphatic heterocycles. The Labute approximate surface area is 192 Å². The number of benzene rings is 1. The number of esters is 1. The first-order chi connectivity index (χ1) is 13.3. The maximum absolute atomic E-state index is 11.9. The quantitative estimate of drug-likeness (QED) is 0.0694. The van der Waals surface area contributed by atoms with Crippen molar-refractivity contribution in [2.75, 3.05) is 6.61 Å². The van der Waals surface area contributed by atoms with E-state index in [4.69, 9.17) is 5.11 Å². The van der Waals surface area contributed by atoms with Crippen LogP contribution in [-0.4, -0.2) is 109 Å². The Hall–Kier alpha value is -0.720. The van der Waals surface area contributed by atoms with Gasteiger partial charge in [-0.2, -0.15) is 0 Å². The monoisotopic (exact) mass is 464 g/mol. The van der Waals surface area contributed by atoms with Crippen LogP contribution in [0.5, 0.6) is 5.75 Å². The molecule has 0 spiro atoms. The van der Waals surface area contributed by atoms with E-state index in [0.717, 1.165) is 18.2 Å². The first-order valence-electron chi connectivity index (χ1n) is 7.96. The topological polar surface area (TPSA) is 245 Å². The number of hydrogen-bond acceptors (Lipinski definition) is 13. The molecular weight excluding hydrogens is 443 g/mol. The summed E-state index contributed by atoms with van der Waals surface area (Å²) in [5.41, 5.74) is 0. The molecule has 7 unspecified atom stereocenters. The zero-order valence-corrected chi connectivity index (χ0v) is 18.4. The minimum Gasteiger partial charge on any atom is -0.744 e. The van der Waals surface area contributed by atoms with Crippen molar-refractivity contribution in [3.05, 3.63) is 24.3 Å². The van der Waals surface area contributed by atoms with Crippen LogP contribution >= 0.6 is 0 Å². The van der Waals surface area contributed by atoms with Crippen molar-refractivity contribution in [1.82, 2.24) is 0 Å². The predicted octanol–water partition coefficient (Wildman–Crippen LogP) is -7.98. The fourth-order valence-corrected chi connectivity index (χ4v) is 2.78. The molecule has 7 atom stereocenters. The molecule has 0 aromatic heterocycles. The summed E-state index contributed by atoms with van der Waals surface area (Å²) < 4.78 is 37.9. The van der Waals surface area contributed by atoms with Crippen molar-refractivity contribution < 1.29 is 92.9 Å². The number of para-hydroxylation sites is 1. The van der Waals surface area contributed by atoms with Gasteiger partial charge in [-0.15, -0.1) is 0 Å². The fraction of sp³-hybridized carbons (Fsp3) is 0.533. The van der Waals surface area contributed by atoms with Gasteiger partial charge in [-0.25, -0.2) is 13.2 Å². The van der Waals surface area contributed by atoms with Crippen LogP contribution in [0, 0.1) is 0 Å². The molecule has 1 rings (SSSR count). The number of hydrogen-bond donors (Lipinski definition) is 8. The molecule has 1 aromatic rings. The van der Waals surface area contributed by atoms with Crippen molar-refractivity contribution in [1.29, 1.82) is 0 Å². The van der Waals surface area contributed by atoms with Crippen LogP contribution in [0.25, 0.3) is 0 Å². The molecule has 13 nitrogen and oxygen atoms in total. The molecule has 30 heavy (non-hydrogen) atoms. The van der Waals surface area contributed by atoms with E-state index < -0.39 is 76.1 Å². The molecule has 0 aliphatic rings. The first kappa shape index (κ1) is 29.3. The van der Waals surface area contributed by atoms with E-state index in [-0.39, 0.29) is 29.6 Å². The maximum atomic E-state index is 11.9. The van der Waals surface area contributed by atoms with Crippen LogP contribution < -0.4 is 34.3 Å². The maximum Gasteiger partial charge on any atom is 1.00 e. The first-order valence-corrected chi connectivity index (χ1v) is 9.37. The Bertz CT molecular complexity index is 788. The van der Waals surface area contributed by atoms with Gasteiger partial charge in [0.05, 0.1) is 11.5 Å². The number of rotatable bonds is 10. The fourth-order valence-electron chi connectivity index (χ4n) is 2.18. The summed E-state index contributed by atoms with van der Waals surface area (Å²) >= 11 is 0. The Kier molecular flexibility index (Phi) is 12.1. The second-order valence-electron chi connectivity index (χ2n) is 5.97. The van der Waals surface area contributed by atoms with E-state index in [2.05, 4.69) is 4.74 Å². The van der Waals surface area contributed by atoms with E-state index in [1.54, 1.807) is 0 Å². The summed E-state index contributed by atoms with van der Waals surface area (Å²) in [6.07, 6.45) is -16.4. The van der Waals surface area contributed by atoms with E-state index in [1.165, 1.54) is 6.07 Å². The molecule has 0 radical (unpaired) electrons. The van der Waals surface area contributed by atoms with Crippen molar-refractivity contribution in [2.45, 2.75) is 47.6 Å². The number of aliphatic hydroxyl groups is 8. The van der Waals surface area contributed by atoms with Crippen LogP contribution in [0.2, 0.25) is 0 Å². The standard InChI is InChI=1S/C15H22O13S.Na/c16-5-6(17)9(18)10(19)11(20)12(21)13(22)14(23)15(24)28-7-3-1-2-4-8(7)29(25,26)27;/h1-4,6,9-14,16-23H,5H2,(H,25,26,27);/q;+1/p-1. The van der Waals surface area contributed by atoms with Crippen molar-refractivity contribution >= 4 is 16.1 Å². The predicted molar refractivity (Wildman–Crippen MR) is 89.2 cm³/mol. The third kappa shape index (κ3) is 7.45. The summed E-state index contributed by atoms with van der Waals surface area (Å²) in [6.45, 7) is -1.01. The zero-order chi connectivity index (χ0) is 22.5. The van der Waals surface area contributed by atoms with Gasteiger partial charge < -0.3 is 50.1 Å². The van der Waals surface area contributed by atoms with Gasteiger partial charge in [-0.05, 0) is 12.1 Å². The average Bonchev–Trinajstić information content (AvgIpc) is 2.69. The Morgan fingerprint density at radius 1 is 0.900 bits per heavy atom. The molecule has 166 valence electrons. The summed E-state index contributed by atoms with van der Waals surface area (Å²) in [5.74, 6) is -2.49. The van der Waals surface area contributed by atoms with E-state index in [9.17, 15) is 53.5 Å². The van der Waals surface area contributed by atoms with Crippen LogP contribution in [0.4, 0.5) is 0 Å². The van der Waals surface area contributed by atoms with E-state index in [0.29, 0.717) is 0 Å². The molecule has 0 saturated heterocycles. The Morgan fingerprint density at radius 2 is 1.37 bits per heavy atom. The number of aliphatic hydroxyl groups excluding tert-OH is 8. The molecule has 15 heteroatoms. The van der Waals surface area contributed by atoms with Gasteiger partial charge >= 0.3 is 35.5 Å². The zero-order valence-electron chi connectivity index (χ0n) is 15.6. The molecule has 0 bridgehead atoms. The van der Waals surface area contributed by atoms with Gasteiger partial charge in [0.1, 0.15) is 52.5 Å². The van der Waals surface area contributed by atoms with Crippen molar-refractivity contribution in [3.8, 4) is 5.75 Å². The SMILES string of the molecule is O=C(Oc1ccccc1S(=O)(=O)[O-])C(O)C(O)C(O)C(O)C(O)C(O)C(O)CO.[Na+]. The number of carbonyl (C=O) groups excluding carboxylic acids is 1. The normalized spacial score (nSPS) is 18.8. The summed E-state index contributed by atoms with van der Waals surface area (Å²) in [4.78, 5) is 11.0. The van der Waals surface area contributed by atoms with Gasteiger partial charge in [-0.1, -0.05) is 12.1 Å². The third-order valence-electron chi connectivity index (χ3n) is 3.87. The minimum atomic E-state index is -5.05. The molecule has 0 amide bonds. The molecule has 1 aromatic carbocycles. The molecule has 0 fully saturated rings. The summed E-state index contributed by atoms with van der Waals surface area (Å²) in [7, 11) is -5.05. The van der Waals surface area contributed by atoms with E-state index >= 15 is 0 Å². The van der Waals surface area contributed by atoms with Crippen molar-refractivity contribution in [3.63, 3.8) is 0 Å². The van der Waals surface area contributed by atoms with Crippen LogP contribution in [-0.2, 0) is 14.9 Å². The average molecular weight is 464 g/mol. The molecular formula is C15H21NaO13S. The summed E-state index contributed by atoms with van der Waals surface area (Å²) in [6, 6.07) is 4.07. The van der Waals surface area contributed by atoms with Crippen molar-refractivity contribution in [2.24, 2.45) is 0 Å². The minimum absolute atomic E-state index is 0. The second-order valence-corrected chi connectivity index (χ2v) is 7.32. The Morgan fingerprint density at radius 3 is 1.87 bits per heavy atom. The second kappa shape index (κ2) is 12.4. The number of ether oxygens (including phenoxy) is 1. The van der Waals surface area contributed by atoms with Crippen LogP contribution in [0.1, 0.15) is 0 Å². The van der Waals surface area contributed by atoms with Gasteiger partial charge in [0, 0.05) is 0 Å². The molecule has 0 aliphatic carbocycles. The molecule has 0 heterocycles. The van der Waals surface area contributed by atoms with E-state index in [1.807, 2.05) is 0 Å². The smallest absolute Gasteiger partial charge is 0.744 e. The Balaban J connectivity index is 0.00000841. The molecule has 0 saturated carbocycles. The molecule has 8 N–H and O–H groups in total. The number of carbonyl (C=O) groups is 1. The summed E-state index contributed by atoms with van der Waals surface area (Å²) in [5, 5.41) is 76.2.